The fraction of sp³-hybridized carbons (Fsp3) is 1.00. The highest BCUT2D eigenvalue weighted by Crippen LogP contribution is 1.96. The number of rotatable bonds is 1. The summed E-state index contributed by atoms with van der Waals surface area (Å²) >= 11 is 95.7. The van der Waals surface area contributed by atoms with E-state index in [1.807, 2.05) is 0 Å². The molecule has 0 spiro atoms. The lowest BCUT2D eigenvalue weighted by Gasteiger charge is -1.84. The highest BCUT2D eigenvalue weighted by Gasteiger charge is 1.88. The lowest BCUT2D eigenvalue weighted by atomic mass is 10.9. The Morgan fingerprint density at radius 1 is 0.262 bits per heavy atom. The molecule has 0 amide bonds. The first-order valence-corrected chi connectivity index (χ1v) is 16.5. The number of hydrogen-bond acceptors (Lipinski definition) is 11. The van der Waals surface area contributed by atoms with E-state index in [1.54, 1.807) is 0 Å². The van der Waals surface area contributed by atoms with Gasteiger partial charge in [-0.25, -0.2) is 0 Å². The van der Waals surface area contributed by atoms with E-state index in [9.17, 15) is 0 Å². The fourth-order valence-corrected chi connectivity index (χ4v) is 0. The number of aliphatic hydroxyl groups is 1. The Kier molecular flexibility index (Phi) is 916. The van der Waals surface area contributed by atoms with Crippen molar-refractivity contribution in [1.29, 1.82) is 0 Å². The molecule has 11 nitrogen and oxygen atoms in total. The summed E-state index contributed by atoms with van der Waals surface area (Å²) in [6.07, 6.45) is 0. The molecule has 42 heavy (non-hydrogen) atoms. The van der Waals surface area contributed by atoms with Crippen LogP contribution < -0.4 is 61.5 Å². The zero-order chi connectivity index (χ0) is 28.6. The standard InChI is InChI=1S/C2H4Cl2O.9CH2Cl2.10H3N/c3-2(4)1-5;9*2-1-3;;;;;;;;;;/h2,5H,1H2;9*1H2;10*1H3. The molecule has 0 heterocycles. The molecule has 0 aliphatic rings. The summed E-state index contributed by atoms with van der Waals surface area (Å²) < 4.78 is 0. The zero-order valence-electron chi connectivity index (χ0n) is 22.7. The molecule has 0 bridgehead atoms. The van der Waals surface area contributed by atoms with Gasteiger partial charge in [0.05, 0.1) is 54.7 Å². The topological polar surface area (TPSA) is 370 Å². The monoisotopic (exact) mass is 1040 g/mol. The Bertz CT molecular complexity index is 134. The third kappa shape index (κ3) is 1650. The summed E-state index contributed by atoms with van der Waals surface area (Å²) in [4.78, 5) is -0.616. The van der Waals surface area contributed by atoms with Gasteiger partial charge in [0.2, 0.25) is 0 Å². The average molecular weight is 1050 g/mol. The second kappa shape index (κ2) is 283. The van der Waals surface area contributed by atoms with Gasteiger partial charge in [0.1, 0.15) is 4.84 Å². The van der Waals surface area contributed by atoms with Crippen LogP contribution in [0.1, 0.15) is 0 Å². The van der Waals surface area contributed by atoms with Gasteiger partial charge in [0.15, 0.2) is 0 Å². The van der Waals surface area contributed by atoms with Crippen LogP contribution in [0.3, 0.4) is 0 Å². The van der Waals surface area contributed by atoms with Crippen LogP contribution in [0, 0.1) is 0 Å². The van der Waals surface area contributed by atoms with Gasteiger partial charge in [-0.1, -0.05) is 0 Å². The minimum absolute atomic E-state index is 0. The summed E-state index contributed by atoms with van der Waals surface area (Å²) in [6.45, 7) is -0.164. The normalized spacial score (nSPS) is 5.00. The van der Waals surface area contributed by atoms with Crippen molar-refractivity contribution in [3.8, 4) is 0 Å². The third-order valence-corrected chi connectivity index (χ3v) is 0.414. The van der Waals surface area contributed by atoms with Crippen molar-refractivity contribution in [3.05, 3.63) is 0 Å². The van der Waals surface area contributed by atoms with E-state index in [0.29, 0.717) is 0 Å². The van der Waals surface area contributed by atoms with E-state index in [-0.39, 0.29) is 116 Å². The summed E-state index contributed by atoms with van der Waals surface area (Å²) in [7, 11) is 0. The van der Waals surface area contributed by atoms with Crippen molar-refractivity contribution < 1.29 is 5.11 Å². The van der Waals surface area contributed by atoms with Gasteiger partial charge in [0.25, 0.3) is 0 Å². The van der Waals surface area contributed by atoms with Crippen LogP contribution in [-0.4, -0.2) is 64.6 Å². The summed E-state index contributed by atoms with van der Waals surface area (Å²) in [5.74, 6) is 0. The lowest BCUT2D eigenvalue weighted by Crippen LogP contribution is -1.90. The van der Waals surface area contributed by atoms with Crippen LogP contribution in [0.5, 0.6) is 0 Å². The molecule has 0 saturated carbocycles. The molecule has 0 aromatic heterocycles. The van der Waals surface area contributed by atoms with E-state index in [1.165, 1.54) is 0 Å². The molecule has 0 aliphatic carbocycles. The summed E-state index contributed by atoms with van der Waals surface area (Å²) in [6, 6.07) is 0. The van der Waals surface area contributed by atoms with Gasteiger partial charge in [0, 0.05) is 0 Å². The van der Waals surface area contributed by atoms with Crippen LogP contribution in [0.4, 0.5) is 0 Å². The molecule has 292 valence electrons. The van der Waals surface area contributed by atoms with Gasteiger partial charge in [-0.15, -0.1) is 232 Å². The van der Waals surface area contributed by atoms with Crippen LogP contribution in [0.25, 0.3) is 0 Å². The highest BCUT2D eigenvalue weighted by atomic mass is 35.6. The largest absolute Gasteiger partial charge is 0.394 e. The van der Waals surface area contributed by atoms with Gasteiger partial charge in [-0.2, -0.15) is 0 Å². The lowest BCUT2D eigenvalue weighted by molar-refractivity contribution is 0.313. The van der Waals surface area contributed by atoms with Gasteiger partial charge in [-0.3, -0.25) is 0 Å². The Morgan fingerprint density at radius 3 is 0.286 bits per heavy atom. The average Bonchev–Trinajstić information content (AvgIpc) is 2.67. The zero-order valence-corrected chi connectivity index (χ0v) is 37.8. The number of aliphatic hydroxyl groups excluding tert-OH is 1. The Balaban J connectivity index is -0.00000000696. The predicted octanol–water partition coefficient (Wildman–Crippen LogP) is 15.2. The molecule has 0 aliphatic heterocycles. The van der Waals surface area contributed by atoms with Gasteiger partial charge in [-0.05, 0) is 0 Å². The summed E-state index contributed by atoms with van der Waals surface area (Å²) in [5.41, 5.74) is 0. The van der Waals surface area contributed by atoms with Gasteiger partial charge >= 0.3 is 0 Å². The van der Waals surface area contributed by atoms with Crippen molar-refractivity contribution in [3.63, 3.8) is 0 Å². The van der Waals surface area contributed by atoms with E-state index in [4.69, 9.17) is 237 Å². The first kappa shape index (κ1) is 136. The molecular formula is C11H52Cl20N10O. The molecular weight excluding hydrogens is 997 g/mol. The number of hydrogen-bond donors (Lipinski definition) is 11. The van der Waals surface area contributed by atoms with Crippen molar-refractivity contribution in [2.24, 2.45) is 0 Å². The van der Waals surface area contributed by atoms with E-state index >= 15 is 0 Å². The first-order valence-electron chi connectivity index (χ1n) is 5.97. The SMILES string of the molecule is ClCCl.ClCCl.ClCCl.ClCCl.ClCCl.ClCCl.ClCCl.ClCCl.ClCCl.N.N.N.N.N.N.N.N.N.N.OCC(Cl)Cl. The Morgan fingerprint density at radius 2 is 0.286 bits per heavy atom. The van der Waals surface area contributed by atoms with Crippen molar-refractivity contribution in [2.45, 2.75) is 4.84 Å². The van der Waals surface area contributed by atoms with Crippen LogP contribution in [0.2, 0.25) is 0 Å². The molecule has 0 unspecified atom stereocenters. The van der Waals surface area contributed by atoms with Crippen molar-refractivity contribution >= 4 is 232 Å². The highest BCUT2D eigenvalue weighted by molar-refractivity contribution is 6.44. The van der Waals surface area contributed by atoms with E-state index in [2.05, 4.69) is 0 Å². The minimum atomic E-state index is -0.616. The van der Waals surface area contributed by atoms with E-state index in [0.717, 1.165) is 0 Å². The fourth-order valence-electron chi connectivity index (χ4n) is 0. The van der Waals surface area contributed by atoms with Crippen LogP contribution in [0.15, 0.2) is 0 Å². The molecule has 0 rings (SSSR count). The van der Waals surface area contributed by atoms with Crippen molar-refractivity contribution in [1.82, 2.24) is 61.5 Å². The number of alkyl halides is 20. The Hall–Kier alpha value is 5.36. The van der Waals surface area contributed by atoms with Crippen LogP contribution >= 0.6 is 232 Å². The van der Waals surface area contributed by atoms with Crippen LogP contribution in [-0.2, 0) is 0 Å². The first-order chi connectivity index (χ1) is 15.0. The minimum Gasteiger partial charge on any atom is -0.394 e. The molecule has 0 radical (unpaired) electrons. The molecule has 0 fully saturated rings. The predicted molar refractivity (Wildman–Crippen MR) is 222 cm³/mol. The van der Waals surface area contributed by atoms with E-state index < -0.39 is 4.84 Å². The maximum absolute atomic E-state index is 7.88. The number of halogens is 20. The smallest absolute Gasteiger partial charge is 0.130 e. The molecule has 0 aromatic rings. The van der Waals surface area contributed by atoms with Crippen molar-refractivity contribution in [2.75, 3.05) is 54.7 Å². The molecule has 0 aromatic carbocycles. The second-order valence-corrected chi connectivity index (χ2v) is 10.0. The Labute approximate surface area is 354 Å². The molecule has 31 heteroatoms. The maximum atomic E-state index is 7.88. The molecule has 0 saturated heterocycles. The van der Waals surface area contributed by atoms with Gasteiger partial charge < -0.3 is 66.6 Å². The second-order valence-electron chi connectivity index (χ2n) is 1.48. The summed E-state index contributed by atoms with van der Waals surface area (Å²) in [5, 5.41) is 9.63. The maximum Gasteiger partial charge on any atom is 0.130 e. The third-order valence-electron chi connectivity index (χ3n) is 0.138. The molecule has 31 N–H and O–H groups in total. The molecule has 0 atom stereocenters. The quantitative estimate of drug-likeness (QED) is 0.110.